The van der Waals surface area contributed by atoms with Crippen LogP contribution in [0.1, 0.15) is 0 Å². The highest BCUT2D eigenvalue weighted by molar-refractivity contribution is 5.90. The molecule has 32 heavy (non-hydrogen) atoms. The van der Waals surface area contributed by atoms with Crippen molar-refractivity contribution in [3.8, 4) is 56.6 Å². The minimum Gasteiger partial charge on any atom is -0.497 e. The molecule has 4 heteroatoms. The van der Waals surface area contributed by atoms with Gasteiger partial charge in [-0.25, -0.2) is 0 Å². The van der Waals surface area contributed by atoms with Crippen molar-refractivity contribution in [3.05, 3.63) is 97.3 Å². The van der Waals surface area contributed by atoms with E-state index >= 15 is 0 Å². The molecule has 2 aromatic heterocycles. The van der Waals surface area contributed by atoms with Crippen molar-refractivity contribution in [1.82, 2.24) is 0 Å². The fraction of sp³-hybridized carbons (Fsp3) is 0.0714. The Kier molecular flexibility index (Phi) is 5.26. The second-order valence-corrected chi connectivity index (χ2v) is 7.32. The number of benzene rings is 3. The lowest BCUT2D eigenvalue weighted by atomic mass is 9.99. The van der Waals surface area contributed by atoms with Crippen LogP contribution in [-0.4, -0.2) is 14.2 Å². The Balaban J connectivity index is 1.72. The lowest BCUT2D eigenvalue weighted by Gasteiger charge is -2.11. The molecule has 5 aromatic rings. The maximum absolute atomic E-state index is 6.39. The molecular formula is C28H22O4. The molecule has 0 saturated carbocycles. The molecule has 0 aliphatic rings. The first-order valence-electron chi connectivity index (χ1n) is 10.3. The Morgan fingerprint density at radius 2 is 1.31 bits per heavy atom. The van der Waals surface area contributed by atoms with Crippen LogP contribution in [0.15, 0.2) is 106 Å². The van der Waals surface area contributed by atoms with Gasteiger partial charge in [0.25, 0.3) is 0 Å². The average molecular weight is 422 g/mol. The predicted octanol–water partition coefficient (Wildman–Crippen LogP) is 7.56. The van der Waals surface area contributed by atoms with Gasteiger partial charge in [-0.15, -0.1) is 0 Å². The van der Waals surface area contributed by atoms with E-state index in [4.69, 9.17) is 18.3 Å². The largest absolute Gasteiger partial charge is 0.497 e. The maximum atomic E-state index is 6.39. The van der Waals surface area contributed by atoms with Gasteiger partial charge in [-0.05, 0) is 30.3 Å². The van der Waals surface area contributed by atoms with Crippen molar-refractivity contribution in [2.45, 2.75) is 0 Å². The Bertz CT molecular complexity index is 1330. The highest BCUT2D eigenvalue weighted by atomic mass is 16.5. The van der Waals surface area contributed by atoms with Crippen LogP contribution in [0.4, 0.5) is 0 Å². The van der Waals surface area contributed by atoms with Gasteiger partial charge in [0.2, 0.25) is 0 Å². The van der Waals surface area contributed by atoms with Crippen molar-refractivity contribution < 1.29 is 18.3 Å². The number of methoxy groups -OCH3 is 2. The Morgan fingerprint density at radius 3 is 2.00 bits per heavy atom. The molecule has 4 nitrogen and oxygen atoms in total. The highest BCUT2D eigenvalue weighted by Gasteiger charge is 2.23. The van der Waals surface area contributed by atoms with Crippen LogP contribution in [0, 0.1) is 0 Å². The molecule has 0 aliphatic heterocycles. The Morgan fingerprint density at radius 1 is 0.594 bits per heavy atom. The Labute approximate surface area is 186 Å². The SMILES string of the molecule is COc1ccc(OC)c(-c2ccoc2-c2cc(-c3ccccc3)oc2-c2ccccc2)c1. The van der Waals surface area contributed by atoms with Gasteiger partial charge in [0.15, 0.2) is 0 Å². The van der Waals surface area contributed by atoms with E-state index in [1.54, 1.807) is 20.5 Å². The Hall–Kier alpha value is -4.18. The standard InChI is InChI=1S/C28H22O4/c1-29-21-13-14-25(30-2)23(17-21)22-15-16-31-28(22)24-18-26(19-9-5-3-6-10-19)32-27(24)20-11-7-4-8-12-20/h3-18H,1-2H3. The molecule has 0 saturated heterocycles. The molecular weight excluding hydrogens is 400 g/mol. The fourth-order valence-corrected chi connectivity index (χ4v) is 3.86. The molecule has 158 valence electrons. The third-order valence-electron chi connectivity index (χ3n) is 5.43. The van der Waals surface area contributed by atoms with Crippen LogP contribution in [-0.2, 0) is 0 Å². The normalized spacial score (nSPS) is 10.8. The van der Waals surface area contributed by atoms with Gasteiger partial charge in [-0.2, -0.15) is 0 Å². The van der Waals surface area contributed by atoms with Crippen molar-refractivity contribution in [2.75, 3.05) is 14.2 Å². The summed E-state index contributed by atoms with van der Waals surface area (Å²) in [5.41, 5.74) is 4.64. The average Bonchev–Trinajstić information content (AvgIpc) is 3.52. The van der Waals surface area contributed by atoms with E-state index in [1.165, 1.54) is 0 Å². The van der Waals surface area contributed by atoms with Crippen LogP contribution in [0.25, 0.3) is 45.1 Å². The van der Waals surface area contributed by atoms with Gasteiger partial charge in [-0.3, -0.25) is 0 Å². The summed E-state index contributed by atoms with van der Waals surface area (Å²) >= 11 is 0. The summed E-state index contributed by atoms with van der Waals surface area (Å²) in [4.78, 5) is 0. The molecule has 0 bridgehead atoms. The predicted molar refractivity (Wildman–Crippen MR) is 126 cm³/mol. The molecule has 0 fully saturated rings. The van der Waals surface area contributed by atoms with Gasteiger partial charge >= 0.3 is 0 Å². The second kappa shape index (κ2) is 8.52. The molecule has 0 radical (unpaired) electrons. The quantitative estimate of drug-likeness (QED) is 0.283. The number of ether oxygens (including phenoxy) is 2. The molecule has 2 heterocycles. The smallest absolute Gasteiger partial charge is 0.145 e. The van der Waals surface area contributed by atoms with Gasteiger partial charge in [0.1, 0.15) is 28.8 Å². The zero-order chi connectivity index (χ0) is 21.9. The van der Waals surface area contributed by atoms with Gasteiger partial charge in [0.05, 0.1) is 26.0 Å². The van der Waals surface area contributed by atoms with E-state index in [9.17, 15) is 0 Å². The fourth-order valence-electron chi connectivity index (χ4n) is 3.86. The number of hydrogen-bond donors (Lipinski definition) is 0. The molecule has 0 atom stereocenters. The number of hydrogen-bond acceptors (Lipinski definition) is 4. The van der Waals surface area contributed by atoms with Crippen molar-refractivity contribution in [3.63, 3.8) is 0 Å². The van der Waals surface area contributed by atoms with Gasteiger partial charge in [0, 0.05) is 22.3 Å². The van der Waals surface area contributed by atoms with Crippen molar-refractivity contribution in [2.24, 2.45) is 0 Å². The molecule has 3 aromatic carbocycles. The minimum absolute atomic E-state index is 0.710. The van der Waals surface area contributed by atoms with E-state index < -0.39 is 0 Å². The zero-order valence-corrected chi connectivity index (χ0v) is 17.9. The van der Waals surface area contributed by atoms with Crippen LogP contribution < -0.4 is 9.47 Å². The van der Waals surface area contributed by atoms with Crippen LogP contribution in [0.2, 0.25) is 0 Å². The van der Waals surface area contributed by atoms with Gasteiger partial charge < -0.3 is 18.3 Å². The number of furan rings is 2. The molecule has 0 unspecified atom stereocenters. The van der Waals surface area contributed by atoms with E-state index in [0.717, 1.165) is 50.8 Å². The highest BCUT2D eigenvalue weighted by Crippen LogP contribution is 2.45. The number of rotatable bonds is 6. The maximum Gasteiger partial charge on any atom is 0.145 e. The van der Waals surface area contributed by atoms with E-state index in [1.807, 2.05) is 91.0 Å². The summed E-state index contributed by atoms with van der Waals surface area (Å²) in [5, 5.41) is 0. The van der Waals surface area contributed by atoms with Crippen LogP contribution in [0.3, 0.4) is 0 Å². The summed E-state index contributed by atoms with van der Waals surface area (Å²) in [6.07, 6.45) is 1.69. The molecule has 0 N–H and O–H groups in total. The van der Waals surface area contributed by atoms with E-state index in [0.29, 0.717) is 5.76 Å². The molecule has 0 amide bonds. The first-order chi connectivity index (χ1) is 15.8. The zero-order valence-electron chi connectivity index (χ0n) is 17.9. The third kappa shape index (κ3) is 3.56. The van der Waals surface area contributed by atoms with Crippen molar-refractivity contribution >= 4 is 0 Å². The van der Waals surface area contributed by atoms with Crippen LogP contribution >= 0.6 is 0 Å². The van der Waals surface area contributed by atoms with E-state index in [2.05, 4.69) is 0 Å². The third-order valence-corrected chi connectivity index (χ3v) is 5.43. The lowest BCUT2D eigenvalue weighted by molar-refractivity contribution is 0.404. The second-order valence-electron chi connectivity index (χ2n) is 7.32. The lowest BCUT2D eigenvalue weighted by Crippen LogP contribution is -1.91. The monoisotopic (exact) mass is 422 g/mol. The molecule has 0 aliphatic carbocycles. The summed E-state index contributed by atoms with van der Waals surface area (Å²) in [7, 11) is 3.31. The summed E-state index contributed by atoms with van der Waals surface area (Å²) in [6.45, 7) is 0. The van der Waals surface area contributed by atoms with Crippen molar-refractivity contribution in [1.29, 1.82) is 0 Å². The van der Waals surface area contributed by atoms with Crippen LogP contribution in [0.5, 0.6) is 11.5 Å². The molecule has 5 rings (SSSR count). The summed E-state index contributed by atoms with van der Waals surface area (Å²) in [6, 6.07) is 29.8. The first-order valence-corrected chi connectivity index (χ1v) is 10.3. The topological polar surface area (TPSA) is 44.7 Å². The van der Waals surface area contributed by atoms with Gasteiger partial charge in [-0.1, -0.05) is 60.7 Å². The summed E-state index contributed by atoms with van der Waals surface area (Å²) in [5.74, 6) is 3.72. The summed E-state index contributed by atoms with van der Waals surface area (Å²) < 4.78 is 23.5. The molecule has 0 spiro atoms. The van der Waals surface area contributed by atoms with E-state index in [-0.39, 0.29) is 0 Å². The first kappa shape index (κ1) is 19.8. The minimum atomic E-state index is 0.710.